The second kappa shape index (κ2) is 6.86. The number of benzene rings is 1. The summed E-state index contributed by atoms with van der Waals surface area (Å²) in [6, 6.07) is 6.76. The zero-order valence-corrected chi connectivity index (χ0v) is 13.9. The highest BCUT2D eigenvalue weighted by molar-refractivity contribution is 5.78. The van der Waals surface area contributed by atoms with Crippen molar-refractivity contribution in [3.05, 3.63) is 35.7 Å². The first-order valence-electron chi connectivity index (χ1n) is 8.35. The van der Waals surface area contributed by atoms with Crippen molar-refractivity contribution >= 4 is 23.0 Å². The van der Waals surface area contributed by atoms with Crippen LogP contribution in [0.1, 0.15) is 43.2 Å². The Morgan fingerprint density at radius 3 is 2.57 bits per heavy atom. The number of aryl methyl sites for hydroxylation is 2. The molecule has 0 radical (unpaired) electrons. The van der Waals surface area contributed by atoms with E-state index in [1.54, 1.807) is 6.33 Å². The molecule has 2 aromatic rings. The van der Waals surface area contributed by atoms with Gasteiger partial charge in [-0.05, 0) is 43.9 Å². The number of hydrogen-bond donors (Lipinski definition) is 3. The number of nitrogen functional groups attached to an aromatic ring is 1. The van der Waals surface area contributed by atoms with Crippen LogP contribution in [0.2, 0.25) is 0 Å². The Morgan fingerprint density at radius 1 is 1.04 bits per heavy atom. The summed E-state index contributed by atoms with van der Waals surface area (Å²) in [5.41, 5.74) is 10.3. The Hall–Kier alpha value is -2.30. The van der Waals surface area contributed by atoms with Gasteiger partial charge in [0.2, 0.25) is 0 Å². The second-order valence-electron chi connectivity index (χ2n) is 6.41. The maximum atomic E-state index is 6.29. The van der Waals surface area contributed by atoms with Crippen LogP contribution in [0.4, 0.5) is 23.0 Å². The molecule has 4 N–H and O–H groups in total. The van der Waals surface area contributed by atoms with Crippen molar-refractivity contribution in [3.8, 4) is 0 Å². The van der Waals surface area contributed by atoms with Crippen LogP contribution in [0.25, 0.3) is 0 Å². The standard InChI is InChI=1S/C18H25N5/c1-12-8-9-13(2)15(10-12)23-18-16(19)17(20-11-21-18)22-14-6-4-3-5-7-14/h8-11,14H,3-7,19H2,1-2H3,(H2,20,21,22,23). The van der Waals surface area contributed by atoms with E-state index in [-0.39, 0.29) is 0 Å². The average molecular weight is 311 g/mol. The molecular weight excluding hydrogens is 286 g/mol. The fourth-order valence-corrected chi connectivity index (χ4v) is 3.05. The van der Waals surface area contributed by atoms with Crippen LogP contribution in [0.3, 0.4) is 0 Å². The van der Waals surface area contributed by atoms with Crippen molar-refractivity contribution in [2.75, 3.05) is 16.4 Å². The van der Waals surface area contributed by atoms with Crippen molar-refractivity contribution < 1.29 is 0 Å². The SMILES string of the molecule is Cc1ccc(C)c(Nc2ncnc(NC3CCCCC3)c2N)c1. The fourth-order valence-electron chi connectivity index (χ4n) is 3.05. The van der Waals surface area contributed by atoms with E-state index in [9.17, 15) is 0 Å². The number of rotatable bonds is 4. The van der Waals surface area contributed by atoms with E-state index >= 15 is 0 Å². The van der Waals surface area contributed by atoms with Gasteiger partial charge in [-0.2, -0.15) is 0 Å². The zero-order valence-electron chi connectivity index (χ0n) is 13.9. The first-order valence-corrected chi connectivity index (χ1v) is 8.35. The van der Waals surface area contributed by atoms with Gasteiger partial charge in [0.05, 0.1) is 0 Å². The Kier molecular flexibility index (Phi) is 4.65. The lowest BCUT2D eigenvalue weighted by Gasteiger charge is -2.24. The summed E-state index contributed by atoms with van der Waals surface area (Å²) in [5, 5.41) is 6.83. The molecule has 1 heterocycles. The highest BCUT2D eigenvalue weighted by Gasteiger charge is 2.16. The number of hydrogen-bond acceptors (Lipinski definition) is 5. The predicted octanol–water partition coefficient (Wildman–Crippen LogP) is 4.16. The monoisotopic (exact) mass is 311 g/mol. The van der Waals surface area contributed by atoms with E-state index < -0.39 is 0 Å². The number of nitrogens with zero attached hydrogens (tertiary/aromatic N) is 2. The lowest BCUT2D eigenvalue weighted by molar-refractivity contribution is 0.462. The molecule has 1 fully saturated rings. The maximum Gasteiger partial charge on any atom is 0.159 e. The molecule has 0 spiro atoms. The van der Waals surface area contributed by atoms with Gasteiger partial charge in [0, 0.05) is 11.7 Å². The second-order valence-corrected chi connectivity index (χ2v) is 6.41. The summed E-state index contributed by atoms with van der Waals surface area (Å²) in [4.78, 5) is 8.64. The minimum Gasteiger partial charge on any atom is -0.393 e. The summed E-state index contributed by atoms with van der Waals surface area (Å²) >= 11 is 0. The highest BCUT2D eigenvalue weighted by Crippen LogP contribution is 2.29. The maximum absolute atomic E-state index is 6.29. The van der Waals surface area contributed by atoms with E-state index in [0.717, 1.165) is 17.1 Å². The minimum absolute atomic E-state index is 0.467. The van der Waals surface area contributed by atoms with Gasteiger partial charge >= 0.3 is 0 Å². The molecular formula is C18H25N5. The van der Waals surface area contributed by atoms with E-state index in [0.29, 0.717) is 17.5 Å². The quantitative estimate of drug-likeness (QED) is 0.790. The third-order valence-electron chi connectivity index (χ3n) is 4.48. The lowest BCUT2D eigenvalue weighted by atomic mass is 9.95. The van der Waals surface area contributed by atoms with Gasteiger partial charge in [-0.15, -0.1) is 0 Å². The van der Waals surface area contributed by atoms with Gasteiger partial charge in [-0.25, -0.2) is 9.97 Å². The number of nitrogens with one attached hydrogen (secondary N) is 2. The molecule has 0 bridgehead atoms. The summed E-state index contributed by atoms with van der Waals surface area (Å²) < 4.78 is 0. The van der Waals surface area contributed by atoms with Gasteiger partial charge in [0.1, 0.15) is 12.0 Å². The van der Waals surface area contributed by atoms with Crippen molar-refractivity contribution in [1.29, 1.82) is 0 Å². The average Bonchev–Trinajstić information content (AvgIpc) is 2.55. The largest absolute Gasteiger partial charge is 0.393 e. The number of anilines is 4. The van der Waals surface area contributed by atoms with E-state index in [4.69, 9.17) is 5.73 Å². The molecule has 5 heteroatoms. The Labute approximate surface area is 137 Å². The van der Waals surface area contributed by atoms with Crippen molar-refractivity contribution in [1.82, 2.24) is 9.97 Å². The molecule has 0 atom stereocenters. The summed E-state index contributed by atoms with van der Waals surface area (Å²) in [6.07, 6.45) is 7.81. The Balaban J connectivity index is 1.80. The van der Waals surface area contributed by atoms with Crippen LogP contribution in [0.15, 0.2) is 24.5 Å². The van der Waals surface area contributed by atoms with Gasteiger partial charge in [-0.1, -0.05) is 31.4 Å². The van der Waals surface area contributed by atoms with Crippen molar-refractivity contribution in [2.24, 2.45) is 0 Å². The third-order valence-corrected chi connectivity index (χ3v) is 4.48. The number of nitrogens with two attached hydrogens (primary N) is 1. The molecule has 0 aliphatic heterocycles. The van der Waals surface area contributed by atoms with E-state index in [2.05, 4.69) is 52.6 Å². The van der Waals surface area contributed by atoms with Gasteiger partial charge < -0.3 is 16.4 Å². The molecule has 1 aromatic carbocycles. The molecule has 0 saturated heterocycles. The van der Waals surface area contributed by atoms with Crippen LogP contribution in [0, 0.1) is 13.8 Å². The highest BCUT2D eigenvalue weighted by atomic mass is 15.1. The predicted molar refractivity (Wildman–Crippen MR) is 96.1 cm³/mol. The first-order chi connectivity index (χ1) is 11.1. The zero-order chi connectivity index (χ0) is 16.2. The molecule has 0 amide bonds. The normalized spacial score (nSPS) is 15.4. The smallest absolute Gasteiger partial charge is 0.159 e. The molecule has 23 heavy (non-hydrogen) atoms. The molecule has 5 nitrogen and oxygen atoms in total. The fraction of sp³-hybridized carbons (Fsp3) is 0.444. The van der Waals surface area contributed by atoms with Crippen molar-refractivity contribution in [3.63, 3.8) is 0 Å². The van der Waals surface area contributed by atoms with Crippen LogP contribution in [-0.4, -0.2) is 16.0 Å². The van der Waals surface area contributed by atoms with Crippen molar-refractivity contribution in [2.45, 2.75) is 52.0 Å². The molecule has 1 aliphatic rings. The molecule has 1 aromatic heterocycles. The van der Waals surface area contributed by atoms with Gasteiger partial charge in [-0.3, -0.25) is 0 Å². The summed E-state index contributed by atoms with van der Waals surface area (Å²) in [7, 11) is 0. The third kappa shape index (κ3) is 3.73. The number of aromatic nitrogens is 2. The van der Waals surface area contributed by atoms with Crippen LogP contribution in [0.5, 0.6) is 0 Å². The molecule has 1 aliphatic carbocycles. The van der Waals surface area contributed by atoms with Crippen LogP contribution in [-0.2, 0) is 0 Å². The minimum atomic E-state index is 0.467. The van der Waals surface area contributed by atoms with Gasteiger partial charge in [0.15, 0.2) is 11.6 Å². The molecule has 1 saturated carbocycles. The van der Waals surface area contributed by atoms with Crippen LogP contribution < -0.4 is 16.4 Å². The molecule has 3 rings (SSSR count). The first kappa shape index (κ1) is 15.6. The molecule has 122 valence electrons. The lowest BCUT2D eigenvalue weighted by Crippen LogP contribution is -2.23. The molecule has 0 unspecified atom stereocenters. The van der Waals surface area contributed by atoms with Gasteiger partial charge in [0.25, 0.3) is 0 Å². The topological polar surface area (TPSA) is 75.9 Å². The van der Waals surface area contributed by atoms with E-state index in [1.165, 1.54) is 37.7 Å². The van der Waals surface area contributed by atoms with Crippen LogP contribution >= 0.6 is 0 Å². The summed E-state index contributed by atoms with van der Waals surface area (Å²) in [5.74, 6) is 1.40. The Bertz CT molecular complexity index is 677. The summed E-state index contributed by atoms with van der Waals surface area (Å²) in [6.45, 7) is 4.14. The van der Waals surface area contributed by atoms with E-state index in [1.807, 2.05) is 0 Å². The Morgan fingerprint density at radius 2 is 1.78 bits per heavy atom.